The van der Waals surface area contributed by atoms with E-state index in [2.05, 4.69) is 13.5 Å². The number of halogens is 3. The van der Waals surface area contributed by atoms with Gasteiger partial charge in [-0.05, 0) is 79.9 Å². The van der Waals surface area contributed by atoms with Gasteiger partial charge in [0.1, 0.15) is 17.5 Å². The van der Waals surface area contributed by atoms with Gasteiger partial charge in [0.2, 0.25) is 0 Å². The van der Waals surface area contributed by atoms with Crippen LogP contribution in [0.1, 0.15) is 95.1 Å². The van der Waals surface area contributed by atoms with Gasteiger partial charge in [-0.15, -0.1) is 0 Å². The third-order valence-electron chi connectivity index (χ3n) is 7.61. The lowest BCUT2D eigenvalue weighted by molar-refractivity contribution is 0.196. The highest BCUT2D eigenvalue weighted by atomic mass is 19.2. The fourth-order valence-corrected chi connectivity index (χ4v) is 5.56. The highest BCUT2D eigenvalue weighted by Gasteiger charge is 2.29. The van der Waals surface area contributed by atoms with Crippen LogP contribution >= 0.6 is 0 Å². The molecule has 0 radical (unpaired) electrons. The van der Waals surface area contributed by atoms with Crippen molar-refractivity contribution in [3.8, 4) is 0 Å². The van der Waals surface area contributed by atoms with Crippen molar-refractivity contribution in [3.63, 3.8) is 0 Å². The van der Waals surface area contributed by atoms with E-state index in [0.717, 1.165) is 43.1 Å². The van der Waals surface area contributed by atoms with Crippen molar-refractivity contribution in [1.29, 1.82) is 0 Å². The molecule has 0 spiro atoms. The molecular formula is C28H37F3. The zero-order chi connectivity index (χ0) is 22.4. The van der Waals surface area contributed by atoms with E-state index in [9.17, 15) is 13.2 Å². The fraction of sp³-hybridized carbons (Fsp3) is 0.571. The van der Waals surface area contributed by atoms with E-state index in [1.807, 2.05) is 6.07 Å². The van der Waals surface area contributed by atoms with Crippen molar-refractivity contribution in [3.05, 3.63) is 65.5 Å². The normalized spacial score (nSPS) is 28.6. The van der Waals surface area contributed by atoms with Crippen molar-refractivity contribution in [2.24, 2.45) is 17.8 Å². The molecule has 31 heavy (non-hydrogen) atoms. The monoisotopic (exact) mass is 430 g/mol. The molecule has 3 heteroatoms. The van der Waals surface area contributed by atoms with Gasteiger partial charge in [-0.2, -0.15) is 0 Å². The van der Waals surface area contributed by atoms with Crippen LogP contribution in [0.15, 0.2) is 48.6 Å². The van der Waals surface area contributed by atoms with E-state index in [4.69, 9.17) is 0 Å². The van der Waals surface area contributed by atoms with Crippen LogP contribution < -0.4 is 0 Å². The topological polar surface area (TPSA) is 0 Å². The van der Waals surface area contributed by atoms with Gasteiger partial charge in [0.05, 0.1) is 0 Å². The minimum Gasteiger partial charge on any atom is -0.209 e. The lowest BCUT2D eigenvalue weighted by Gasteiger charge is -2.32. The van der Waals surface area contributed by atoms with Crippen LogP contribution in [0, 0.1) is 23.6 Å². The third kappa shape index (κ3) is 6.37. The van der Waals surface area contributed by atoms with Crippen molar-refractivity contribution < 1.29 is 13.2 Å². The van der Waals surface area contributed by atoms with Gasteiger partial charge < -0.3 is 0 Å². The SMILES string of the molecule is C=C/C(=C\C/C(F)=C(\C)F)c1ccc(C2CCCC(C3CCC(C)CC3)CC2)cc1F. The molecule has 2 fully saturated rings. The maximum Gasteiger partial charge on any atom is 0.135 e. The Hall–Kier alpha value is -1.77. The Balaban J connectivity index is 1.67. The molecule has 0 amide bonds. The summed E-state index contributed by atoms with van der Waals surface area (Å²) in [6, 6.07) is 5.43. The highest BCUT2D eigenvalue weighted by molar-refractivity contribution is 5.74. The zero-order valence-electron chi connectivity index (χ0n) is 19.1. The second-order valence-corrected chi connectivity index (χ2v) is 9.73. The minimum absolute atomic E-state index is 0.200. The smallest absolute Gasteiger partial charge is 0.135 e. The third-order valence-corrected chi connectivity index (χ3v) is 7.61. The summed E-state index contributed by atoms with van der Waals surface area (Å²) in [7, 11) is 0. The molecule has 2 aliphatic carbocycles. The summed E-state index contributed by atoms with van der Waals surface area (Å²) in [5, 5.41) is 0. The lowest BCUT2D eigenvalue weighted by Crippen LogP contribution is -2.20. The summed E-state index contributed by atoms with van der Waals surface area (Å²) in [6.45, 7) is 7.17. The molecular weight excluding hydrogens is 393 g/mol. The van der Waals surface area contributed by atoms with Gasteiger partial charge in [0, 0.05) is 12.0 Å². The Bertz CT molecular complexity index is 808. The van der Waals surface area contributed by atoms with Gasteiger partial charge in [-0.25, -0.2) is 13.2 Å². The molecule has 0 bridgehead atoms. The van der Waals surface area contributed by atoms with E-state index >= 15 is 0 Å². The van der Waals surface area contributed by atoms with E-state index in [0.29, 0.717) is 17.1 Å². The zero-order valence-corrected chi connectivity index (χ0v) is 19.1. The molecule has 2 saturated carbocycles. The summed E-state index contributed by atoms with van der Waals surface area (Å²) in [5.74, 6) is 1.02. The number of benzene rings is 1. The number of hydrogen-bond acceptors (Lipinski definition) is 0. The van der Waals surface area contributed by atoms with E-state index in [-0.39, 0.29) is 12.2 Å². The summed E-state index contributed by atoms with van der Waals surface area (Å²) < 4.78 is 41.4. The van der Waals surface area contributed by atoms with Crippen LogP contribution in [0.2, 0.25) is 0 Å². The van der Waals surface area contributed by atoms with Crippen LogP contribution in [-0.2, 0) is 0 Å². The van der Waals surface area contributed by atoms with Crippen molar-refractivity contribution >= 4 is 5.57 Å². The molecule has 0 aliphatic heterocycles. The Morgan fingerprint density at radius 2 is 1.68 bits per heavy atom. The fourth-order valence-electron chi connectivity index (χ4n) is 5.56. The predicted octanol–water partition coefficient (Wildman–Crippen LogP) is 9.45. The first-order valence-electron chi connectivity index (χ1n) is 12.0. The van der Waals surface area contributed by atoms with Gasteiger partial charge in [-0.1, -0.05) is 63.5 Å². The van der Waals surface area contributed by atoms with Crippen LogP contribution in [0.3, 0.4) is 0 Å². The summed E-state index contributed by atoms with van der Waals surface area (Å²) in [4.78, 5) is 0. The molecule has 2 aliphatic rings. The molecule has 0 nitrogen and oxygen atoms in total. The molecule has 1 aromatic rings. The second kappa shape index (κ2) is 11.2. The van der Waals surface area contributed by atoms with Crippen LogP contribution in [0.25, 0.3) is 5.57 Å². The molecule has 0 N–H and O–H groups in total. The maximum atomic E-state index is 15.0. The first-order chi connectivity index (χ1) is 14.9. The molecule has 3 rings (SSSR count). The largest absolute Gasteiger partial charge is 0.209 e. The van der Waals surface area contributed by atoms with Gasteiger partial charge >= 0.3 is 0 Å². The molecule has 0 saturated heterocycles. The Labute approximate surface area is 186 Å². The van der Waals surface area contributed by atoms with Crippen LogP contribution in [0.5, 0.6) is 0 Å². The minimum atomic E-state index is -0.843. The molecule has 2 atom stereocenters. The molecule has 0 heterocycles. The van der Waals surface area contributed by atoms with Crippen LogP contribution in [0.4, 0.5) is 13.2 Å². The van der Waals surface area contributed by atoms with Gasteiger partial charge in [0.15, 0.2) is 0 Å². The average molecular weight is 431 g/mol. The predicted molar refractivity (Wildman–Crippen MR) is 125 cm³/mol. The summed E-state index contributed by atoms with van der Waals surface area (Å²) >= 11 is 0. The second-order valence-electron chi connectivity index (χ2n) is 9.73. The standard InChI is InChI=1S/C28H37F3/c1-4-21(15-17-27(30)20(3)29)26-16-14-25(18-28(26)31)23-7-5-6-22(12-13-23)24-10-8-19(2)9-11-24/h4,14-16,18-19,22-24H,1,5-13,17H2,2-3H3/b21-15+,27-20-. The summed E-state index contributed by atoms with van der Waals surface area (Å²) in [6.07, 6.45) is 14.3. The Morgan fingerprint density at radius 3 is 2.32 bits per heavy atom. The molecule has 170 valence electrons. The quantitative estimate of drug-likeness (QED) is 0.311. The first-order valence-corrected chi connectivity index (χ1v) is 12.0. The molecule has 1 aromatic carbocycles. The highest BCUT2D eigenvalue weighted by Crippen LogP contribution is 2.42. The van der Waals surface area contributed by atoms with Crippen LogP contribution in [-0.4, -0.2) is 0 Å². The van der Waals surface area contributed by atoms with E-state index in [1.54, 1.807) is 12.1 Å². The lowest BCUT2D eigenvalue weighted by atomic mass is 9.74. The summed E-state index contributed by atoms with van der Waals surface area (Å²) in [5.41, 5.74) is 1.95. The van der Waals surface area contributed by atoms with E-state index in [1.165, 1.54) is 57.1 Å². The molecule has 2 unspecified atom stereocenters. The maximum absolute atomic E-state index is 15.0. The van der Waals surface area contributed by atoms with E-state index < -0.39 is 11.7 Å². The van der Waals surface area contributed by atoms with Crippen molar-refractivity contribution in [2.75, 3.05) is 0 Å². The van der Waals surface area contributed by atoms with Gasteiger partial charge in [-0.3, -0.25) is 0 Å². The van der Waals surface area contributed by atoms with Crippen molar-refractivity contribution in [2.45, 2.75) is 84.0 Å². The van der Waals surface area contributed by atoms with Gasteiger partial charge in [0.25, 0.3) is 0 Å². The first kappa shape index (κ1) is 23.9. The van der Waals surface area contributed by atoms with Crippen molar-refractivity contribution in [1.82, 2.24) is 0 Å². The Kier molecular flexibility index (Phi) is 8.63. The average Bonchev–Trinajstić information content (AvgIpc) is 3.01. The molecule has 0 aromatic heterocycles. The number of allylic oxidation sites excluding steroid dienone is 5. The Morgan fingerprint density at radius 1 is 1.00 bits per heavy atom. The number of rotatable bonds is 6. The number of hydrogen-bond donors (Lipinski definition) is 0.